The molecule has 1 aliphatic heterocycles. The van der Waals surface area contributed by atoms with Gasteiger partial charge in [0.25, 0.3) is 0 Å². The maximum Gasteiger partial charge on any atom is 0.213 e. The van der Waals surface area contributed by atoms with Gasteiger partial charge in [-0.15, -0.1) is 0 Å². The van der Waals surface area contributed by atoms with Crippen LogP contribution in [-0.2, 0) is 7.05 Å². The van der Waals surface area contributed by atoms with E-state index in [1.165, 1.54) is 37.6 Å². The van der Waals surface area contributed by atoms with E-state index in [4.69, 9.17) is 0 Å². The molecule has 0 fully saturated rings. The summed E-state index contributed by atoms with van der Waals surface area (Å²) in [5.41, 5.74) is 5.10. The van der Waals surface area contributed by atoms with Crippen LogP contribution < -0.4 is 33.4 Å². The highest BCUT2D eigenvalue weighted by Gasteiger charge is 2.21. The first-order chi connectivity index (χ1) is 11.1. The summed E-state index contributed by atoms with van der Waals surface area (Å²) in [4.78, 5) is 3.59. The van der Waals surface area contributed by atoms with Crippen molar-refractivity contribution in [2.75, 3.05) is 11.9 Å². The van der Waals surface area contributed by atoms with Crippen molar-refractivity contribution in [2.45, 2.75) is 11.8 Å². The van der Waals surface area contributed by atoms with Crippen LogP contribution in [0.3, 0.4) is 0 Å². The van der Waals surface area contributed by atoms with Gasteiger partial charge in [0.15, 0.2) is 6.20 Å². The third-order valence-corrected chi connectivity index (χ3v) is 5.54. The minimum atomic E-state index is 0. The molecule has 24 heavy (non-hydrogen) atoms. The Balaban J connectivity index is 0.00000169. The van der Waals surface area contributed by atoms with Crippen molar-refractivity contribution in [3.8, 4) is 0 Å². The molecule has 0 saturated carbocycles. The highest BCUT2D eigenvalue weighted by Crippen LogP contribution is 2.45. The van der Waals surface area contributed by atoms with E-state index >= 15 is 0 Å². The SMILES string of the molecule is Cc1ccc2c(/C=C3\Sc4ccccc4N3C)cc[n+](C)c2c1.[I-]. The van der Waals surface area contributed by atoms with Gasteiger partial charge in [0.05, 0.1) is 16.1 Å². The molecule has 0 bridgehead atoms. The summed E-state index contributed by atoms with van der Waals surface area (Å²) in [7, 11) is 4.24. The number of anilines is 1. The number of aromatic nitrogens is 1. The number of hydrogen-bond donors (Lipinski definition) is 0. The number of rotatable bonds is 1. The Hall–Kier alpha value is -1.53. The first-order valence-corrected chi connectivity index (χ1v) is 8.56. The Labute approximate surface area is 164 Å². The maximum atomic E-state index is 2.29. The number of thioether (sulfide) groups is 1. The molecule has 2 heterocycles. The van der Waals surface area contributed by atoms with Crippen molar-refractivity contribution in [1.29, 1.82) is 0 Å². The van der Waals surface area contributed by atoms with Gasteiger partial charge in [-0.2, -0.15) is 0 Å². The molecule has 1 aliphatic rings. The number of halogens is 1. The van der Waals surface area contributed by atoms with Crippen molar-refractivity contribution < 1.29 is 28.5 Å². The zero-order valence-electron chi connectivity index (χ0n) is 14.0. The Kier molecular flexibility index (Phi) is 4.88. The lowest BCUT2D eigenvalue weighted by molar-refractivity contribution is -0.644. The van der Waals surface area contributed by atoms with Gasteiger partial charge in [0, 0.05) is 24.1 Å². The third kappa shape index (κ3) is 2.93. The smallest absolute Gasteiger partial charge is 0.213 e. The second-order valence-corrected chi connectivity index (χ2v) is 7.08. The highest BCUT2D eigenvalue weighted by molar-refractivity contribution is 8.03. The molecule has 0 aliphatic carbocycles. The maximum absolute atomic E-state index is 2.29. The van der Waals surface area contributed by atoms with Crippen molar-refractivity contribution in [3.05, 3.63) is 70.9 Å². The predicted molar refractivity (Wildman–Crippen MR) is 98.5 cm³/mol. The monoisotopic (exact) mass is 446 g/mol. The van der Waals surface area contributed by atoms with Gasteiger partial charge in [-0.25, -0.2) is 4.57 Å². The first-order valence-electron chi connectivity index (χ1n) is 7.75. The molecule has 0 amide bonds. The van der Waals surface area contributed by atoms with Gasteiger partial charge < -0.3 is 28.9 Å². The quantitative estimate of drug-likeness (QED) is 0.414. The minimum Gasteiger partial charge on any atom is -1.00 e. The number of benzene rings is 2. The summed E-state index contributed by atoms with van der Waals surface area (Å²) < 4.78 is 2.19. The molecule has 0 radical (unpaired) electrons. The lowest BCUT2D eigenvalue weighted by atomic mass is 10.1. The fraction of sp³-hybridized carbons (Fsp3) is 0.150. The number of pyridine rings is 1. The molecule has 0 N–H and O–H groups in total. The number of fused-ring (bicyclic) bond motifs is 2. The summed E-state index contributed by atoms with van der Waals surface area (Å²) in [6, 6.07) is 17.4. The molecular weight excluding hydrogens is 427 g/mol. The van der Waals surface area contributed by atoms with Crippen LogP contribution in [0.4, 0.5) is 5.69 Å². The number of aryl methyl sites for hydroxylation is 2. The lowest BCUT2D eigenvalue weighted by Crippen LogP contribution is -3.00. The number of hydrogen-bond acceptors (Lipinski definition) is 2. The van der Waals surface area contributed by atoms with E-state index < -0.39 is 0 Å². The second kappa shape index (κ2) is 6.76. The van der Waals surface area contributed by atoms with Crippen molar-refractivity contribution in [2.24, 2.45) is 7.05 Å². The molecule has 4 heteroatoms. The molecule has 0 unspecified atom stereocenters. The summed E-state index contributed by atoms with van der Waals surface area (Å²) >= 11 is 1.84. The van der Waals surface area contributed by atoms with Crippen molar-refractivity contribution >= 4 is 34.4 Å². The van der Waals surface area contributed by atoms with Crippen LogP contribution in [0.2, 0.25) is 0 Å². The van der Waals surface area contributed by atoms with E-state index in [0.717, 1.165) is 0 Å². The summed E-state index contributed by atoms with van der Waals surface area (Å²) in [5.74, 6) is 0. The highest BCUT2D eigenvalue weighted by atomic mass is 127. The fourth-order valence-electron chi connectivity index (χ4n) is 3.05. The van der Waals surface area contributed by atoms with Crippen LogP contribution in [0, 0.1) is 6.92 Å². The summed E-state index contributed by atoms with van der Waals surface area (Å²) in [6.07, 6.45) is 4.43. The molecule has 2 aromatic carbocycles. The lowest BCUT2D eigenvalue weighted by Gasteiger charge is -2.13. The standard InChI is InChI=1S/C20H19N2S.HI/c1-14-8-9-16-15(10-11-21(2)18(16)12-14)13-20-22(3)17-6-4-5-7-19(17)23-20;/h4-13H,1-3H3;1H/q+1;/p-1. The molecule has 1 aromatic heterocycles. The van der Waals surface area contributed by atoms with Gasteiger partial charge >= 0.3 is 0 Å². The van der Waals surface area contributed by atoms with Crippen LogP contribution in [0.25, 0.3) is 17.0 Å². The second-order valence-electron chi connectivity index (χ2n) is 6.01. The normalized spacial score (nSPS) is 14.8. The molecule has 122 valence electrons. The largest absolute Gasteiger partial charge is 1.00 e. The molecule has 0 atom stereocenters. The van der Waals surface area contributed by atoms with Crippen LogP contribution >= 0.6 is 11.8 Å². The number of nitrogens with zero attached hydrogens (tertiary/aromatic N) is 2. The third-order valence-electron chi connectivity index (χ3n) is 4.37. The Bertz CT molecular complexity index is 950. The van der Waals surface area contributed by atoms with Gasteiger partial charge in [-0.3, -0.25) is 0 Å². The van der Waals surface area contributed by atoms with E-state index in [2.05, 4.69) is 91.3 Å². The van der Waals surface area contributed by atoms with E-state index in [1.807, 2.05) is 11.8 Å². The Morgan fingerprint density at radius 1 is 1.08 bits per heavy atom. The molecule has 0 spiro atoms. The van der Waals surface area contributed by atoms with E-state index in [-0.39, 0.29) is 24.0 Å². The van der Waals surface area contributed by atoms with Gasteiger partial charge in [-0.05, 0) is 42.3 Å². The van der Waals surface area contributed by atoms with E-state index in [9.17, 15) is 0 Å². The molecule has 2 nitrogen and oxygen atoms in total. The topological polar surface area (TPSA) is 7.12 Å². The molecule has 4 rings (SSSR count). The van der Waals surface area contributed by atoms with Gasteiger partial charge in [0.1, 0.15) is 7.05 Å². The zero-order chi connectivity index (χ0) is 16.0. The van der Waals surface area contributed by atoms with E-state index in [1.54, 1.807) is 0 Å². The van der Waals surface area contributed by atoms with Crippen LogP contribution in [0.5, 0.6) is 0 Å². The van der Waals surface area contributed by atoms with Gasteiger partial charge in [-0.1, -0.05) is 30.0 Å². The Morgan fingerprint density at radius 2 is 1.88 bits per heavy atom. The van der Waals surface area contributed by atoms with Crippen LogP contribution in [0.15, 0.2) is 64.7 Å². The zero-order valence-corrected chi connectivity index (χ0v) is 16.9. The van der Waals surface area contributed by atoms with Crippen LogP contribution in [0.1, 0.15) is 11.1 Å². The average molecular weight is 446 g/mol. The fourth-order valence-corrected chi connectivity index (χ4v) is 4.15. The van der Waals surface area contributed by atoms with Crippen LogP contribution in [-0.4, -0.2) is 7.05 Å². The predicted octanol–water partition coefficient (Wildman–Crippen LogP) is 1.52. The molecule has 0 saturated heterocycles. The first kappa shape index (κ1) is 17.3. The van der Waals surface area contributed by atoms with E-state index in [0.29, 0.717) is 0 Å². The molecule has 3 aromatic rings. The Morgan fingerprint density at radius 3 is 2.67 bits per heavy atom. The van der Waals surface area contributed by atoms with Crippen molar-refractivity contribution in [3.63, 3.8) is 0 Å². The summed E-state index contributed by atoms with van der Waals surface area (Å²) in [6.45, 7) is 2.14. The minimum absolute atomic E-state index is 0. The van der Waals surface area contributed by atoms with Gasteiger partial charge in [0.2, 0.25) is 5.52 Å². The molecular formula is C20H19IN2S. The summed E-state index contributed by atoms with van der Waals surface area (Å²) in [5, 5.41) is 2.56. The average Bonchev–Trinajstić information content (AvgIpc) is 2.87. The van der Waals surface area contributed by atoms with Crippen molar-refractivity contribution in [1.82, 2.24) is 0 Å². The number of para-hydroxylation sites is 1.